The Kier molecular flexibility index (Phi) is 4.19. The van der Waals surface area contributed by atoms with Crippen LogP contribution in [0.15, 0.2) is 28.7 Å². The van der Waals surface area contributed by atoms with Gasteiger partial charge in [-0.25, -0.2) is 0 Å². The van der Waals surface area contributed by atoms with Crippen molar-refractivity contribution in [2.45, 2.75) is 40.0 Å². The molecule has 0 aliphatic rings. The van der Waals surface area contributed by atoms with Gasteiger partial charge in [-0.3, -0.25) is 0 Å². The van der Waals surface area contributed by atoms with Crippen molar-refractivity contribution < 1.29 is 4.42 Å². The van der Waals surface area contributed by atoms with E-state index in [9.17, 15) is 0 Å². The van der Waals surface area contributed by atoms with E-state index in [1.807, 2.05) is 6.07 Å². The van der Waals surface area contributed by atoms with Gasteiger partial charge in [-0.15, -0.1) is 0 Å². The first kappa shape index (κ1) is 15.0. The lowest BCUT2D eigenvalue weighted by Gasteiger charge is -2.22. The first-order valence-corrected chi connectivity index (χ1v) is 7.61. The summed E-state index contributed by atoms with van der Waals surface area (Å²) < 4.78 is 6.96. The van der Waals surface area contributed by atoms with E-state index in [1.165, 1.54) is 5.69 Å². The molecule has 0 aliphatic carbocycles. The molecule has 0 fully saturated rings. The summed E-state index contributed by atoms with van der Waals surface area (Å²) >= 11 is 5.50. The molecule has 0 unspecified atom stereocenters. The largest absolute Gasteiger partial charge is 0.460 e. The Morgan fingerprint density at radius 3 is 2.30 bits per heavy atom. The molecule has 3 heteroatoms. The fraction of sp³-hybridized carbons (Fsp3) is 0.471. The number of rotatable bonds is 3. The lowest BCUT2D eigenvalue weighted by Crippen LogP contribution is -2.21. The quantitative estimate of drug-likeness (QED) is 0.713. The van der Waals surface area contributed by atoms with Crippen LogP contribution in [0.1, 0.15) is 40.4 Å². The lowest BCUT2D eigenvalue weighted by molar-refractivity contribution is 0.421. The van der Waals surface area contributed by atoms with Crippen molar-refractivity contribution in [1.82, 2.24) is 0 Å². The van der Waals surface area contributed by atoms with Crippen LogP contribution in [0.3, 0.4) is 0 Å². The highest BCUT2D eigenvalue weighted by Crippen LogP contribution is 2.29. The van der Waals surface area contributed by atoms with Gasteiger partial charge < -0.3 is 9.32 Å². The molecule has 2 rings (SSSR count). The molecule has 20 heavy (non-hydrogen) atoms. The Morgan fingerprint density at radius 2 is 1.75 bits per heavy atom. The molecule has 0 saturated carbocycles. The summed E-state index contributed by atoms with van der Waals surface area (Å²) in [5, 5.41) is 1.02. The molecular formula is C17H23NOS. The molecule has 0 radical (unpaired) electrons. The molecule has 2 aromatic rings. The number of benzene rings is 1. The summed E-state index contributed by atoms with van der Waals surface area (Å²) in [6.07, 6.45) is 0. The normalized spacial score (nSPS) is 11.8. The average molecular weight is 289 g/mol. The van der Waals surface area contributed by atoms with E-state index in [0.717, 1.165) is 34.3 Å². The Bertz CT molecular complexity index is 663. The number of hydrogen-bond acceptors (Lipinski definition) is 3. The summed E-state index contributed by atoms with van der Waals surface area (Å²) in [5.74, 6) is 0.937. The van der Waals surface area contributed by atoms with Crippen molar-refractivity contribution in [2.24, 2.45) is 0 Å². The minimum Gasteiger partial charge on any atom is -0.460 e. The molecule has 2 nitrogen and oxygen atoms in total. The molecule has 1 aromatic heterocycles. The highest BCUT2D eigenvalue weighted by atomic mass is 32.1. The molecule has 108 valence electrons. The zero-order valence-corrected chi connectivity index (χ0v) is 13.8. The highest BCUT2D eigenvalue weighted by Gasteiger charge is 2.18. The third-order valence-corrected chi connectivity index (χ3v) is 3.92. The first-order valence-electron chi connectivity index (χ1n) is 7.20. The van der Waals surface area contributed by atoms with Crippen LogP contribution in [0.5, 0.6) is 0 Å². The van der Waals surface area contributed by atoms with Gasteiger partial charge in [-0.05, 0) is 32.0 Å². The lowest BCUT2D eigenvalue weighted by atomic mass is 9.93. The summed E-state index contributed by atoms with van der Waals surface area (Å²) in [4.78, 5) is 2.31. The van der Waals surface area contributed by atoms with E-state index in [1.54, 1.807) is 0 Å². The summed E-state index contributed by atoms with van der Waals surface area (Å²) in [7, 11) is 0. The van der Waals surface area contributed by atoms with Crippen LogP contribution in [0, 0.1) is 4.51 Å². The van der Waals surface area contributed by atoms with E-state index in [0.29, 0.717) is 0 Å². The Balaban J connectivity index is 2.64. The third-order valence-electron chi connectivity index (χ3n) is 3.58. The molecule has 0 saturated heterocycles. The maximum atomic E-state index is 6.09. The van der Waals surface area contributed by atoms with Gasteiger partial charge in [0.25, 0.3) is 0 Å². The van der Waals surface area contributed by atoms with Crippen LogP contribution in [-0.4, -0.2) is 13.1 Å². The van der Waals surface area contributed by atoms with Crippen LogP contribution in [-0.2, 0) is 5.41 Å². The van der Waals surface area contributed by atoms with Crippen molar-refractivity contribution in [3.05, 3.63) is 34.5 Å². The van der Waals surface area contributed by atoms with E-state index in [4.69, 9.17) is 16.6 Å². The predicted octanol–water partition coefficient (Wildman–Crippen LogP) is 5.31. The van der Waals surface area contributed by atoms with Crippen LogP contribution in [0.2, 0.25) is 0 Å². The smallest absolute Gasteiger partial charge is 0.137 e. The van der Waals surface area contributed by atoms with Crippen molar-refractivity contribution in [2.75, 3.05) is 18.0 Å². The monoisotopic (exact) mass is 289 g/mol. The van der Waals surface area contributed by atoms with Gasteiger partial charge in [0.2, 0.25) is 0 Å². The number of nitrogens with zero attached hydrogens (tertiary/aromatic N) is 1. The maximum absolute atomic E-state index is 6.09. The molecule has 0 amide bonds. The third kappa shape index (κ3) is 2.88. The van der Waals surface area contributed by atoms with E-state index in [-0.39, 0.29) is 5.41 Å². The SMILES string of the molecule is CCN(CC)c1ccc2c(=S)cc(C(C)(C)C)oc2c1. The van der Waals surface area contributed by atoms with E-state index >= 15 is 0 Å². The van der Waals surface area contributed by atoms with E-state index in [2.05, 4.69) is 57.7 Å². The van der Waals surface area contributed by atoms with Crippen LogP contribution < -0.4 is 4.90 Å². The molecule has 1 aromatic carbocycles. The number of anilines is 1. The highest BCUT2D eigenvalue weighted by molar-refractivity contribution is 7.71. The summed E-state index contributed by atoms with van der Waals surface area (Å²) in [5.41, 5.74) is 2.03. The molecular weight excluding hydrogens is 266 g/mol. The second-order valence-corrected chi connectivity index (χ2v) is 6.52. The van der Waals surface area contributed by atoms with Crippen molar-refractivity contribution >= 4 is 28.9 Å². The van der Waals surface area contributed by atoms with Gasteiger partial charge >= 0.3 is 0 Å². The van der Waals surface area contributed by atoms with Gasteiger partial charge in [-0.2, -0.15) is 0 Å². The topological polar surface area (TPSA) is 16.4 Å². The van der Waals surface area contributed by atoms with Crippen molar-refractivity contribution in [3.63, 3.8) is 0 Å². The van der Waals surface area contributed by atoms with Gasteiger partial charge in [0.1, 0.15) is 11.3 Å². The molecule has 0 aliphatic heterocycles. The van der Waals surface area contributed by atoms with Crippen LogP contribution >= 0.6 is 12.2 Å². The maximum Gasteiger partial charge on any atom is 0.137 e. The van der Waals surface area contributed by atoms with Crippen LogP contribution in [0.25, 0.3) is 11.0 Å². The average Bonchev–Trinajstić information content (AvgIpc) is 2.38. The van der Waals surface area contributed by atoms with Crippen LogP contribution in [0.4, 0.5) is 5.69 Å². The van der Waals surface area contributed by atoms with Crippen molar-refractivity contribution in [3.8, 4) is 0 Å². The first-order chi connectivity index (χ1) is 9.36. The minimum absolute atomic E-state index is 0.0348. The molecule has 1 heterocycles. The van der Waals surface area contributed by atoms with Gasteiger partial charge in [0.15, 0.2) is 0 Å². The summed E-state index contributed by atoms with van der Waals surface area (Å²) in [6, 6.07) is 8.28. The Morgan fingerprint density at radius 1 is 1.10 bits per heavy atom. The van der Waals surface area contributed by atoms with Gasteiger partial charge in [0, 0.05) is 35.6 Å². The molecule has 0 bridgehead atoms. The second kappa shape index (κ2) is 5.57. The zero-order valence-electron chi connectivity index (χ0n) is 13.0. The Labute approximate surface area is 126 Å². The second-order valence-electron chi connectivity index (χ2n) is 6.08. The minimum atomic E-state index is -0.0348. The Hall–Kier alpha value is -1.35. The predicted molar refractivity (Wildman–Crippen MR) is 89.3 cm³/mol. The van der Waals surface area contributed by atoms with Crippen molar-refractivity contribution in [1.29, 1.82) is 0 Å². The van der Waals surface area contributed by atoms with Gasteiger partial charge in [-0.1, -0.05) is 33.0 Å². The fourth-order valence-corrected chi connectivity index (χ4v) is 2.57. The fourth-order valence-electron chi connectivity index (χ4n) is 2.30. The van der Waals surface area contributed by atoms with Gasteiger partial charge in [0.05, 0.1) is 4.51 Å². The number of hydrogen-bond donors (Lipinski definition) is 0. The summed E-state index contributed by atoms with van der Waals surface area (Å²) in [6.45, 7) is 12.7. The molecule has 0 atom stereocenters. The molecule has 0 spiro atoms. The molecule has 0 N–H and O–H groups in total. The standard InChI is InChI=1S/C17H23NOS/c1-6-18(7-2)12-8-9-13-14(10-12)19-16(11-15(13)20)17(3,4)5/h8-11H,6-7H2,1-5H3. The zero-order chi connectivity index (χ0) is 14.9. The number of fused-ring (bicyclic) bond motifs is 1. The van der Waals surface area contributed by atoms with E-state index < -0.39 is 0 Å².